The Morgan fingerprint density at radius 2 is 1.62 bits per heavy atom. The van der Waals surface area contributed by atoms with Crippen LogP contribution >= 0.6 is 0 Å². The van der Waals surface area contributed by atoms with Gasteiger partial charge in [0.05, 0.1) is 5.52 Å². The van der Waals surface area contributed by atoms with E-state index in [1.54, 1.807) is 23.7 Å². The molecule has 106 valence electrons. The lowest BCUT2D eigenvalue weighted by molar-refractivity contribution is 0.474. The number of hydrogen-bond donors (Lipinski definition) is 1. The van der Waals surface area contributed by atoms with E-state index in [2.05, 4.69) is 0 Å². The number of aryl methyl sites for hydroxylation is 3. The van der Waals surface area contributed by atoms with Gasteiger partial charge in [-0.25, -0.2) is 0 Å². The fraction of sp³-hybridized carbons (Fsp3) is 0.167. The van der Waals surface area contributed by atoms with E-state index in [9.17, 15) is 9.90 Å². The summed E-state index contributed by atoms with van der Waals surface area (Å²) in [6.07, 6.45) is 0. The van der Waals surface area contributed by atoms with Gasteiger partial charge in [-0.15, -0.1) is 0 Å². The maximum Gasteiger partial charge on any atom is 0.258 e. The molecule has 21 heavy (non-hydrogen) atoms. The van der Waals surface area contributed by atoms with Gasteiger partial charge in [0.1, 0.15) is 5.75 Å². The van der Waals surface area contributed by atoms with Crippen molar-refractivity contribution in [3.8, 4) is 16.9 Å². The monoisotopic (exact) mass is 279 g/mol. The van der Waals surface area contributed by atoms with E-state index in [4.69, 9.17) is 0 Å². The minimum absolute atomic E-state index is 0.0226. The van der Waals surface area contributed by atoms with Gasteiger partial charge in [-0.3, -0.25) is 4.79 Å². The normalized spacial score (nSPS) is 11.0. The van der Waals surface area contributed by atoms with Crippen LogP contribution in [0.3, 0.4) is 0 Å². The summed E-state index contributed by atoms with van der Waals surface area (Å²) in [5, 5.41) is 10.7. The molecule has 0 aliphatic carbocycles. The van der Waals surface area contributed by atoms with Crippen LogP contribution < -0.4 is 5.56 Å². The van der Waals surface area contributed by atoms with Gasteiger partial charge < -0.3 is 9.67 Å². The molecule has 3 rings (SSSR count). The molecule has 3 nitrogen and oxygen atoms in total. The molecule has 0 saturated carbocycles. The Morgan fingerprint density at radius 1 is 1.00 bits per heavy atom. The van der Waals surface area contributed by atoms with Gasteiger partial charge in [-0.05, 0) is 60.2 Å². The number of benzene rings is 2. The molecule has 1 aromatic heterocycles. The fourth-order valence-corrected chi connectivity index (χ4v) is 2.97. The molecular formula is C18H17NO2. The molecule has 0 bridgehead atoms. The summed E-state index contributed by atoms with van der Waals surface area (Å²) in [6.45, 7) is 3.83. The SMILES string of the molecule is Cc1cc(O)cc(C)c1-c1cc2ccccc2n(C)c1=O. The van der Waals surface area contributed by atoms with Gasteiger partial charge >= 0.3 is 0 Å². The molecule has 0 atom stereocenters. The maximum absolute atomic E-state index is 12.7. The van der Waals surface area contributed by atoms with Gasteiger partial charge in [-0.2, -0.15) is 0 Å². The van der Waals surface area contributed by atoms with E-state index < -0.39 is 0 Å². The first kappa shape index (κ1) is 13.4. The molecule has 0 saturated heterocycles. The molecule has 0 aliphatic rings. The third-order valence-corrected chi connectivity index (χ3v) is 3.92. The van der Waals surface area contributed by atoms with Crippen LogP contribution in [0.4, 0.5) is 0 Å². The first-order chi connectivity index (χ1) is 9.99. The Hall–Kier alpha value is -2.55. The van der Waals surface area contributed by atoms with Crippen LogP contribution in [-0.4, -0.2) is 9.67 Å². The molecule has 1 heterocycles. The Kier molecular flexibility index (Phi) is 3.05. The van der Waals surface area contributed by atoms with Crippen LogP contribution in [0.5, 0.6) is 5.75 Å². The number of aromatic nitrogens is 1. The highest BCUT2D eigenvalue weighted by Crippen LogP contribution is 2.30. The number of hydrogen-bond acceptors (Lipinski definition) is 2. The van der Waals surface area contributed by atoms with Gasteiger partial charge in [0.15, 0.2) is 0 Å². The molecule has 3 aromatic rings. The molecule has 0 fully saturated rings. The number of rotatable bonds is 1. The standard InChI is InChI=1S/C18H17NO2/c1-11-8-14(20)9-12(2)17(11)15-10-13-6-4-5-7-16(13)19(3)18(15)21/h4-10,20H,1-3H3. The van der Waals surface area contributed by atoms with Gasteiger partial charge in [0.2, 0.25) is 0 Å². The molecule has 0 amide bonds. The van der Waals surface area contributed by atoms with E-state index in [1.165, 1.54) is 0 Å². The topological polar surface area (TPSA) is 42.2 Å². The number of pyridine rings is 1. The largest absolute Gasteiger partial charge is 0.508 e. The van der Waals surface area contributed by atoms with Crippen LogP contribution in [0.25, 0.3) is 22.0 Å². The maximum atomic E-state index is 12.7. The Balaban J connectivity index is 2.42. The van der Waals surface area contributed by atoms with Gasteiger partial charge in [0, 0.05) is 12.6 Å². The van der Waals surface area contributed by atoms with E-state index in [0.717, 1.165) is 27.6 Å². The number of phenols is 1. The van der Waals surface area contributed by atoms with Crippen LogP contribution in [0.1, 0.15) is 11.1 Å². The molecule has 2 aromatic carbocycles. The van der Waals surface area contributed by atoms with Crippen molar-refractivity contribution in [3.63, 3.8) is 0 Å². The molecule has 1 N–H and O–H groups in total. The lowest BCUT2D eigenvalue weighted by atomic mass is 9.95. The second-order valence-electron chi connectivity index (χ2n) is 5.44. The zero-order chi connectivity index (χ0) is 15.1. The highest BCUT2D eigenvalue weighted by atomic mass is 16.3. The van der Waals surface area contributed by atoms with Crippen molar-refractivity contribution in [3.05, 3.63) is 63.9 Å². The second-order valence-corrected chi connectivity index (χ2v) is 5.44. The van der Waals surface area contributed by atoms with Crippen molar-refractivity contribution in [1.29, 1.82) is 0 Å². The number of phenolic OH excluding ortho intramolecular Hbond substituents is 1. The van der Waals surface area contributed by atoms with Crippen LogP contribution in [0, 0.1) is 13.8 Å². The average molecular weight is 279 g/mol. The minimum Gasteiger partial charge on any atom is -0.508 e. The highest BCUT2D eigenvalue weighted by Gasteiger charge is 2.13. The van der Waals surface area contributed by atoms with Gasteiger partial charge in [-0.1, -0.05) is 18.2 Å². The predicted molar refractivity (Wildman–Crippen MR) is 85.8 cm³/mol. The van der Waals surface area contributed by atoms with Crippen molar-refractivity contribution >= 4 is 10.9 Å². The quantitative estimate of drug-likeness (QED) is 0.740. The summed E-state index contributed by atoms with van der Waals surface area (Å²) < 4.78 is 1.68. The number of para-hydroxylation sites is 1. The fourth-order valence-electron chi connectivity index (χ4n) is 2.97. The summed E-state index contributed by atoms with van der Waals surface area (Å²) in [5.41, 5.74) is 4.27. The smallest absolute Gasteiger partial charge is 0.258 e. The lowest BCUT2D eigenvalue weighted by Crippen LogP contribution is -2.19. The third-order valence-electron chi connectivity index (χ3n) is 3.92. The van der Waals surface area contributed by atoms with Crippen molar-refractivity contribution in [2.75, 3.05) is 0 Å². The van der Waals surface area contributed by atoms with Crippen LogP contribution in [-0.2, 0) is 7.05 Å². The zero-order valence-corrected chi connectivity index (χ0v) is 12.3. The molecule has 0 aliphatic heterocycles. The van der Waals surface area contributed by atoms with Gasteiger partial charge in [0.25, 0.3) is 5.56 Å². The van der Waals surface area contributed by atoms with E-state index in [0.29, 0.717) is 5.56 Å². The van der Waals surface area contributed by atoms with E-state index in [-0.39, 0.29) is 11.3 Å². The van der Waals surface area contributed by atoms with Crippen molar-refractivity contribution in [2.45, 2.75) is 13.8 Å². The summed E-state index contributed by atoms with van der Waals surface area (Å²) in [4.78, 5) is 12.7. The third kappa shape index (κ3) is 2.11. The number of aromatic hydroxyl groups is 1. The molecular weight excluding hydrogens is 262 g/mol. The summed E-state index contributed by atoms with van der Waals surface area (Å²) >= 11 is 0. The summed E-state index contributed by atoms with van der Waals surface area (Å²) in [7, 11) is 1.79. The Labute approximate surface area is 123 Å². The zero-order valence-electron chi connectivity index (χ0n) is 12.3. The summed E-state index contributed by atoms with van der Waals surface area (Å²) in [5.74, 6) is 0.228. The molecule has 3 heteroatoms. The Bertz CT molecular complexity index is 884. The lowest BCUT2D eigenvalue weighted by Gasteiger charge is -2.13. The van der Waals surface area contributed by atoms with E-state index >= 15 is 0 Å². The summed E-state index contributed by atoms with van der Waals surface area (Å²) in [6, 6.07) is 13.2. The molecule has 0 radical (unpaired) electrons. The number of fused-ring (bicyclic) bond motifs is 1. The van der Waals surface area contributed by atoms with Crippen molar-refractivity contribution < 1.29 is 5.11 Å². The number of nitrogens with zero attached hydrogens (tertiary/aromatic N) is 1. The average Bonchev–Trinajstić information content (AvgIpc) is 2.43. The Morgan fingerprint density at radius 3 is 2.29 bits per heavy atom. The van der Waals surface area contributed by atoms with Crippen LogP contribution in [0.15, 0.2) is 47.3 Å². The minimum atomic E-state index is -0.0226. The highest BCUT2D eigenvalue weighted by molar-refractivity contribution is 5.85. The first-order valence-electron chi connectivity index (χ1n) is 6.88. The van der Waals surface area contributed by atoms with E-state index in [1.807, 2.05) is 44.2 Å². The first-order valence-corrected chi connectivity index (χ1v) is 6.88. The molecule has 0 unspecified atom stereocenters. The molecule has 0 spiro atoms. The predicted octanol–water partition coefficient (Wildman–Crippen LogP) is 3.53. The van der Waals surface area contributed by atoms with Crippen LogP contribution in [0.2, 0.25) is 0 Å². The van der Waals surface area contributed by atoms with Crippen molar-refractivity contribution in [2.24, 2.45) is 7.05 Å². The van der Waals surface area contributed by atoms with Crippen molar-refractivity contribution in [1.82, 2.24) is 4.57 Å². The second kappa shape index (κ2) is 4.77.